The number of carbonyl (C=O) groups is 4. The molecule has 0 aliphatic rings. The van der Waals surface area contributed by atoms with Crippen molar-refractivity contribution in [1.82, 2.24) is 0 Å². The molecule has 1 rings (SSSR count). The molecule has 0 amide bonds. The van der Waals surface area contributed by atoms with E-state index in [1.807, 2.05) is 22.6 Å². The highest BCUT2D eigenvalue weighted by Gasteiger charge is 2.24. The molecule has 27 heavy (non-hydrogen) atoms. The number of carboxylic acids is 1. The molecule has 0 aromatic heterocycles. The van der Waals surface area contributed by atoms with Crippen molar-refractivity contribution < 1.29 is 38.5 Å². The number of benzene rings is 1. The number of halogens is 3. The van der Waals surface area contributed by atoms with E-state index in [2.05, 4.69) is 0 Å². The van der Waals surface area contributed by atoms with E-state index in [0.717, 1.165) is 12.1 Å². The molecule has 1 aromatic rings. The smallest absolute Gasteiger partial charge is 0.324 e. The third-order valence-corrected chi connectivity index (χ3v) is 4.38. The van der Waals surface area contributed by atoms with Crippen LogP contribution >= 0.6 is 67.8 Å². The third kappa shape index (κ3) is 7.32. The highest BCUT2D eigenvalue weighted by atomic mass is 127. The molecule has 0 spiro atoms. The molecule has 11 heteroatoms. The molecule has 0 aliphatic heterocycles. The molecule has 148 valence electrons. The number of alkyl halides is 3. The van der Waals surface area contributed by atoms with Crippen molar-refractivity contribution in [2.45, 2.75) is 32.5 Å². The van der Waals surface area contributed by atoms with Gasteiger partial charge in [-0.1, -0.05) is 67.8 Å². The molecular weight excluding hydrogens is 701 g/mol. The summed E-state index contributed by atoms with van der Waals surface area (Å²) in [6.45, 7) is 4.68. The first-order chi connectivity index (χ1) is 12.4. The molecule has 3 unspecified atom stereocenters. The van der Waals surface area contributed by atoms with Gasteiger partial charge in [-0.15, -0.1) is 0 Å². The summed E-state index contributed by atoms with van der Waals surface area (Å²) in [5.74, 6) is -4.83. The molecule has 1 aromatic carbocycles. The molecular formula is C16H14I3O8-. The molecule has 3 atom stereocenters. The highest BCUT2D eigenvalue weighted by Crippen LogP contribution is 2.35. The van der Waals surface area contributed by atoms with E-state index in [1.165, 1.54) is 0 Å². The van der Waals surface area contributed by atoms with Crippen LogP contribution in [0, 0.1) is 0 Å². The Hall–Kier alpha value is -0.710. The summed E-state index contributed by atoms with van der Waals surface area (Å²) in [6, 6.07) is 2.12. The largest absolute Gasteiger partial charge is 0.545 e. The average molecular weight is 715 g/mol. The van der Waals surface area contributed by atoms with Gasteiger partial charge in [0.25, 0.3) is 0 Å². The lowest BCUT2D eigenvalue weighted by molar-refractivity contribution is -0.255. The van der Waals surface area contributed by atoms with Gasteiger partial charge in [-0.3, -0.25) is 14.4 Å². The third-order valence-electron chi connectivity index (χ3n) is 2.86. The summed E-state index contributed by atoms with van der Waals surface area (Å²) < 4.78 is 13.6. The van der Waals surface area contributed by atoms with E-state index in [0.29, 0.717) is 0 Å². The molecule has 0 saturated carbocycles. The lowest BCUT2D eigenvalue weighted by atomic mass is 10.1. The highest BCUT2D eigenvalue weighted by molar-refractivity contribution is 14.1. The van der Waals surface area contributed by atoms with Crippen molar-refractivity contribution in [3.05, 3.63) is 17.7 Å². The van der Waals surface area contributed by atoms with Crippen molar-refractivity contribution in [2.24, 2.45) is 0 Å². The summed E-state index contributed by atoms with van der Waals surface area (Å²) in [7, 11) is 0. The molecule has 0 saturated heterocycles. The standard InChI is InChI=1S/C16H15I3O8/c1-6(17)14(22)25-9-4-10(26-15(23)7(2)18)12(13(20)21)11(5-9)27-16(24)8(3)19/h4-8H,1-3H3,(H,20,21)/p-1. The first-order valence-corrected chi connectivity index (χ1v) is 11.1. The van der Waals surface area contributed by atoms with Crippen molar-refractivity contribution in [1.29, 1.82) is 0 Å². The predicted octanol–water partition coefficient (Wildman–Crippen LogP) is 2.24. The van der Waals surface area contributed by atoms with Crippen LogP contribution in [0.1, 0.15) is 31.1 Å². The Morgan fingerprint density at radius 3 is 1.41 bits per heavy atom. The maximum atomic E-state index is 11.9. The normalized spacial score (nSPS) is 13.9. The fourth-order valence-electron chi connectivity index (χ4n) is 1.56. The number of rotatable bonds is 7. The van der Waals surface area contributed by atoms with Gasteiger partial charge in [0.05, 0.1) is 11.5 Å². The average Bonchev–Trinajstić information content (AvgIpc) is 2.53. The Balaban J connectivity index is 3.50. The van der Waals surface area contributed by atoms with Gasteiger partial charge < -0.3 is 24.1 Å². The Bertz CT molecular complexity index is 715. The van der Waals surface area contributed by atoms with Crippen LogP contribution in [0.4, 0.5) is 0 Å². The number of hydrogen-bond donors (Lipinski definition) is 0. The first-order valence-electron chi connectivity index (χ1n) is 7.40. The van der Waals surface area contributed by atoms with Gasteiger partial charge in [0.1, 0.15) is 29.0 Å². The molecule has 0 N–H and O–H groups in total. The molecule has 0 bridgehead atoms. The van der Waals surface area contributed by atoms with Crippen molar-refractivity contribution >= 4 is 91.6 Å². The molecule has 0 fully saturated rings. The van der Waals surface area contributed by atoms with Crippen molar-refractivity contribution in [2.75, 3.05) is 0 Å². The number of ether oxygens (including phenoxy) is 3. The number of hydrogen-bond acceptors (Lipinski definition) is 8. The van der Waals surface area contributed by atoms with E-state index in [4.69, 9.17) is 14.2 Å². The Morgan fingerprint density at radius 1 is 0.778 bits per heavy atom. The zero-order valence-electron chi connectivity index (χ0n) is 14.3. The number of carbonyl (C=O) groups excluding carboxylic acids is 4. The predicted molar refractivity (Wildman–Crippen MR) is 118 cm³/mol. The SMILES string of the molecule is CC(I)C(=O)Oc1cc(OC(=O)C(C)I)c(C(=O)[O-])c(OC(=O)C(C)I)c1. The second-order valence-electron chi connectivity index (χ2n) is 5.19. The molecule has 0 aliphatic carbocycles. The van der Waals surface area contributed by atoms with Gasteiger partial charge in [-0.25, -0.2) is 0 Å². The second-order valence-corrected chi connectivity index (χ2v) is 10.8. The van der Waals surface area contributed by atoms with Crippen molar-refractivity contribution in [3.8, 4) is 17.2 Å². The van der Waals surface area contributed by atoms with E-state index in [9.17, 15) is 24.3 Å². The molecule has 0 heterocycles. The van der Waals surface area contributed by atoms with Gasteiger partial charge in [-0.2, -0.15) is 0 Å². The fraction of sp³-hybridized carbons (Fsp3) is 0.375. The maximum Gasteiger partial charge on any atom is 0.324 e. The quantitative estimate of drug-likeness (QED) is 0.183. The minimum absolute atomic E-state index is 0.138. The van der Waals surface area contributed by atoms with Crippen LogP contribution in [0.15, 0.2) is 12.1 Å². The summed E-state index contributed by atoms with van der Waals surface area (Å²) in [5.41, 5.74) is -0.631. The summed E-state index contributed by atoms with van der Waals surface area (Å²) >= 11 is 5.41. The lowest BCUT2D eigenvalue weighted by Gasteiger charge is -2.18. The van der Waals surface area contributed by atoms with E-state index in [1.54, 1.807) is 66.0 Å². The number of aromatic carboxylic acids is 1. The Kier molecular flexibility index (Phi) is 9.67. The molecule has 8 nitrogen and oxygen atoms in total. The van der Waals surface area contributed by atoms with Gasteiger partial charge >= 0.3 is 17.9 Å². The van der Waals surface area contributed by atoms with Crippen LogP contribution in [0.2, 0.25) is 0 Å². The summed E-state index contributed by atoms with van der Waals surface area (Å²) in [5, 5.41) is 11.6. The van der Waals surface area contributed by atoms with Crippen LogP contribution in [0.5, 0.6) is 17.2 Å². The zero-order chi connectivity index (χ0) is 20.9. The van der Waals surface area contributed by atoms with E-state index < -0.39 is 52.7 Å². The van der Waals surface area contributed by atoms with Crippen LogP contribution < -0.4 is 19.3 Å². The fourth-order valence-corrected chi connectivity index (χ4v) is 1.94. The minimum atomic E-state index is -1.72. The molecule has 0 radical (unpaired) electrons. The topological polar surface area (TPSA) is 119 Å². The van der Waals surface area contributed by atoms with E-state index >= 15 is 0 Å². The number of esters is 3. The second kappa shape index (κ2) is 10.7. The minimum Gasteiger partial charge on any atom is -0.545 e. The van der Waals surface area contributed by atoms with Crippen molar-refractivity contribution in [3.63, 3.8) is 0 Å². The van der Waals surface area contributed by atoms with Gasteiger partial charge in [0.15, 0.2) is 0 Å². The lowest BCUT2D eigenvalue weighted by Crippen LogP contribution is -2.27. The van der Waals surface area contributed by atoms with Gasteiger partial charge in [0, 0.05) is 12.1 Å². The Morgan fingerprint density at radius 2 is 1.11 bits per heavy atom. The van der Waals surface area contributed by atoms with Gasteiger partial charge in [0.2, 0.25) is 0 Å². The van der Waals surface area contributed by atoms with Crippen LogP contribution in [0.25, 0.3) is 0 Å². The van der Waals surface area contributed by atoms with Gasteiger partial charge in [-0.05, 0) is 20.8 Å². The first kappa shape index (κ1) is 24.3. The zero-order valence-corrected chi connectivity index (χ0v) is 20.8. The maximum absolute atomic E-state index is 11.9. The van der Waals surface area contributed by atoms with Crippen LogP contribution in [-0.4, -0.2) is 35.7 Å². The summed E-state index contributed by atoms with van der Waals surface area (Å²) in [6.07, 6.45) is 0. The van der Waals surface area contributed by atoms with Crippen LogP contribution in [-0.2, 0) is 14.4 Å². The number of carboxylic acid groups (broad SMARTS) is 1. The van der Waals surface area contributed by atoms with E-state index in [-0.39, 0.29) is 5.75 Å². The van der Waals surface area contributed by atoms with Crippen LogP contribution in [0.3, 0.4) is 0 Å². The monoisotopic (exact) mass is 715 g/mol. The summed E-state index contributed by atoms with van der Waals surface area (Å²) in [4.78, 5) is 47.2. The Labute approximate surface area is 196 Å².